The van der Waals surface area contributed by atoms with Gasteiger partial charge < -0.3 is 15.0 Å². The van der Waals surface area contributed by atoms with Crippen LogP contribution in [0.25, 0.3) is 0 Å². The molecule has 1 heterocycles. The Kier molecular flexibility index (Phi) is 7.98. The molecule has 0 atom stereocenters. The van der Waals surface area contributed by atoms with Crippen LogP contribution in [0.4, 0.5) is 5.69 Å². The van der Waals surface area contributed by atoms with E-state index in [4.69, 9.17) is 4.74 Å². The molecule has 0 bridgehead atoms. The SMILES string of the molecule is CC(C)Oc1ccc(NC(=O)CSc2nc(CSc3ccccc3)cc(=O)[nH]2)cc1. The molecule has 0 saturated heterocycles. The number of aromatic amines is 1. The molecule has 0 aliphatic rings. The van der Waals surface area contributed by atoms with Crippen LogP contribution in [-0.4, -0.2) is 27.7 Å². The number of nitrogens with one attached hydrogen (secondary N) is 2. The normalized spacial score (nSPS) is 10.8. The quantitative estimate of drug-likeness (QED) is 0.374. The molecule has 1 amide bonds. The van der Waals surface area contributed by atoms with Crippen LogP contribution in [-0.2, 0) is 10.5 Å². The summed E-state index contributed by atoms with van der Waals surface area (Å²) in [5.41, 5.74) is 1.14. The van der Waals surface area contributed by atoms with Gasteiger partial charge in [-0.05, 0) is 50.2 Å². The van der Waals surface area contributed by atoms with Crippen LogP contribution in [0.3, 0.4) is 0 Å². The summed E-state index contributed by atoms with van der Waals surface area (Å²) in [6.45, 7) is 3.92. The summed E-state index contributed by atoms with van der Waals surface area (Å²) in [6.07, 6.45) is 0.0957. The third-order valence-corrected chi connectivity index (χ3v) is 5.67. The van der Waals surface area contributed by atoms with Crippen LogP contribution < -0.4 is 15.6 Å². The highest BCUT2D eigenvalue weighted by atomic mass is 32.2. The van der Waals surface area contributed by atoms with E-state index in [2.05, 4.69) is 15.3 Å². The van der Waals surface area contributed by atoms with E-state index in [1.54, 1.807) is 23.9 Å². The van der Waals surface area contributed by atoms with Crippen molar-refractivity contribution in [1.29, 1.82) is 0 Å². The summed E-state index contributed by atoms with van der Waals surface area (Å²) < 4.78 is 5.59. The summed E-state index contributed by atoms with van der Waals surface area (Å²) in [7, 11) is 0. The van der Waals surface area contributed by atoms with Crippen molar-refractivity contribution in [2.45, 2.75) is 35.8 Å². The fourth-order valence-electron chi connectivity index (χ4n) is 2.52. The Morgan fingerprint density at radius 1 is 1.10 bits per heavy atom. The largest absolute Gasteiger partial charge is 0.491 e. The molecule has 0 spiro atoms. The van der Waals surface area contributed by atoms with Crippen molar-refractivity contribution < 1.29 is 9.53 Å². The fraction of sp³-hybridized carbons (Fsp3) is 0.227. The van der Waals surface area contributed by atoms with Crippen molar-refractivity contribution in [2.24, 2.45) is 0 Å². The number of carbonyl (C=O) groups is 1. The van der Waals surface area contributed by atoms with E-state index in [9.17, 15) is 9.59 Å². The van der Waals surface area contributed by atoms with Gasteiger partial charge in [-0.15, -0.1) is 11.8 Å². The highest BCUT2D eigenvalue weighted by Crippen LogP contribution is 2.22. The number of benzene rings is 2. The number of hydrogen-bond donors (Lipinski definition) is 2. The molecular weight excluding hydrogens is 418 g/mol. The molecule has 8 heteroatoms. The molecule has 0 fully saturated rings. The topological polar surface area (TPSA) is 84.1 Å². The van der Waals surface area contributed by atoms with Gasteiger partial charge in [0.05, 0.1) is 17.6 Å². The number of thioether (sulfide) groups is 2. The molecule has 0 radical (unpaired) electrons. The molecule has 2 aromatic carbocycles. The van der Waals surface area contributed by atoms with Crippen LogP contribution in [0.1, 0.15) is 19.5 Å². The molecule has 156 valence electrons. The number of rotatable bonds is 9. The van der Waals surface area contributed by atoms with Crippen LogP contribution in [0.2, 0.25) is 0 Å². The lowest BCUT2D eigenvalue weighted by molar-refractivity contribution is -0.113. The van der Waals surface area contributed by atoms with Crippen LogP contribution >= 0.6 is 23.5 Å². The van der Waals surface area contributed by atoms with Crippen LogP contribution in [0, 0.1) is 0 Å². The minimum absolute atomic E-state index is 0.0957. The maximum Gasteiger partial charge on any atom is 0.251 e. The highest BCUT2D eigenvalue weighted by molar-refractivity contribution is 7.99. The summed E-state index contributed by atoms with van der Waals surface area (Å²) >= 11 is 2.80. The maximum atomic E-state index is 12.2. The summed E-state index contributed by atoms with van der Waals surface area (Å²) in [6, 6.07) is 18.6. The van der Waals surface area contributed by atoms with E-state index in [0.717, 1.165) is 10.6 Å². The molecule has 0 saturated carbocycles. The number of hydrogen-bond acceptors (Lipinski definition) is 6. The van der Waals surface area contributed by atoms with Gasteiger partial charge in [0.25, 0.3) is 5.56 Å². The van der Waals surface area contributed by atoms with Gasteiger partial charge >= 0.3 is 0 Å². The zero-order chi connectivity index (χ0) is 21.3. The molecule has 3 rings (SSSR count). The third kappa shape index (κ3) is 7.27. The van der Waals surface area contributed by atoms with Gasteiger partial charge in [-0.25, -0.2) is 4.98 Å². The summed E-state index contributed by atoms with van der Waals surface area (Å²) in [5, 5.41) is 3.26. The molecular formula is C22H23N3O3S2. The Balaban J connectivity index is 1.52. The second kappa shape index (κ2) is 10.9. The van der Waals surface area contributed by atoms with E-state index >= 15 is 0 Å². The molecule has 0 aliphatic carbocycles. The van der Waals surface area contributed by atoms with Crippen molar-refractivity contribution >= 4 is 35.1 Å². The van der Waals surface area contributed by atoms with Crippen molar-refractivity contribution in [3.8, 4) is 5.75 Å². The standard InChI is InChI=1S/C22H23N3O3S2/c1-15(2)28-18-10-8-16(9-11-18)23-21(27)14-30-22-24-17(12-20(26)25-22)13-29-19-6-4-3-5-7-19/h3-12,15H,13-14H2,1-2H3,(H,23,27)(H,24,25,26). The molecule has 0 unspecified atom stereocenters. The fourth-order valence-corrected chi connectivity index (χ4v) is 4.03. The number of aromatic nitrogens is 2. The Morgan fingerprint density at radius 3 is 2.53 bits per heavy atom. The maximum absolute atomic E-state index is 12.2. The number of amides is 1. The third-order valence-electron chi connectivity index (χ3n) is 3.75. The van der Waals surface area contributed by atoms with Gasteiger partial charge in [-0.3, -0.25) is 9.59 Å². The minimum Gasteiger partial charge on any atom is -0.491 e. The van der Waals surface area contributed by atoms with E-state index in [0.29, 0.717) is 22.3 Å². The lowest BCUT2D eigenvalue weighted by Gasteiger charge is -2.10. The van der Waals surface area contributed by atoms with E-state index < -0.39 is 0 Å². The monoisotopic (exact) mass is 441 g/mol. The first-order valence-electron chi connectivity index (χ1n) is 9.45. The zero-order valence-corrected chi connectivity index (χ0v) is 18.4. The van der Waals surface area contributed by atoms with Crippen LogP contribution in [0.15, 0.2) is 75.5 Å². The van der Waals surface area contributed by atoms with Gasteiger partial charge in [0.15, 0.2) is 5.16 Å². The summed E-state index contributed by atoms with van der Waals surface area (Å²) in [4.78, 5) is 32.4. The van der Waals surface area contributed by atoms with Crippen molar-refractivity contribution in [1.82, 2.24) is 9.97 Å². The van der Waals surface area contributed by atoms with Gasteiger partial charge in [-0.1, -0.05) is 30.0 Å². The average molecular weight is 442 g/mol. The number of anilines is 1. The Bertz CT molecular complexity index is 1020. The van der Waals surface area contributed by atoms with Gasteiger partial charge in [0, 0.05) is 22.4 Å². The predicted molar refractivity (Wildman–Crippen MR) is 122 cm³/mol. The number of H-pyrrole nitrogens is 1. The first-order chi connectivity index (χ1) is 14.5. The molecule has 2 N–H and O–H groups in total. The van der Waals surface area contributed by atoms with Crippen molar-refractivity contribution in [3.05, 3.63) is 76.7 Å². The van der Waals surface area contributed by atoms with Gasteiger partial charge in [-0.2, -0.15) is 0 Å². The molecule has 6 nitrogen and oxygen atoms in total. The summed E-state index contributed by atoms with van der Waals surface area (Å²) in [5.74, 6) is 1.30. The number of ether oxygens (including phenoxy) is 1. The van der Waals surface area contributed by atoms with Gasteiger partial charge in [0.1, 0.15) is 5.75 Å². The van der Waals surface area contributed by atoms with E-state index in [1.165, 1.54) is 17.8 Å². The second-order valence-electron chi connectivity index (χ2n) is 6.67. The van der Waals surface area contributed by atoms with Crippen molar-refractivity contribution in [2.75, 3.05) is 11.1 Å². The lowest BCUT2D eigenvalue weighted by atomic mass is 10.3. The predicted octanol–water partition coefficient (Wildman–Crippen LogP) is 4.58. The van der Waals surface area contributed by atoms with E-state index in [-0.39, 0.29) is 23.3 Å². The Hall–Kier alpha value is -2.71. The Morgan fingerprint density at radius 2 is 1.83 bits per heavy atom. The Labute approximate surface area is 183 Å². The molecule has 0 aliphatic heterocycles. The second-order valence-corrected chi connectivity index (χ2v) is 8.68. The van der Waals surface area contributed by atoms with Crippen molar-refractivity contribution in [3.63, 3.8) is 0 Å². The first-order valence-corrected chi connectivity index (χ1v) is 11.4. The smallest absolute Gasteiger partial charge is 0.251 e. The zero-order valence-electron chi connectivity index (χ0n) is 16.8. The first kappa shape index (κ1) is 22.0. The van der Waals surface area contributed by atoms with E-state index in [1.807, 2.05) is 56.3 Å². The van der Waals surface area contributed by atoms with Gasteiger partial charge in [0.2, 0.25) is 5.91 Å². The lowest BCUT2D eigenvalue weighted by Crippen LogP contribution is -2.15. The molecule has 3 aromatic rings. The number of carbonyl (C=O) groups excluding carboxylic acids is 1. The molecule has 1 aromatic heterocycles. The van der Waals surface area contributed by atoms with Crippen LogP contribution in [0.5, 0.6) is 5.75 Å². The minimum atomic E-state index is -0.225. The number of nitrogens with zero attached hydrogens (tertiary/aromatic N) is 1. The average Bonchev–Trinajstić information content (AvgIpc) is 2.72. The highest BCUT2D eigenvalue weighted by Gasteiger charge is 2.08. The molecule has 30 heavy (non-hydrogen) atoms.